The Kier molecular flexibility index (Phi) is 5.06. The van der Waals surface area contributed by atoms with E-state index in [1.807, 2.05) is 6.07 Å². The summed E-state index contributed by atoms with van der Waals surface area (Å²) in [6.07, 6.45) is 1.37. The molecule has 1 fully saturated rings. The zero-order valence-electron chi connectivity index (χ0n) is 13.9. The predicted molar refractivity (Wildman–Crippen MR) is 96.0 cm³/mol. The first-order valence-electron chi connectivity index (χ1n) is 8.01. The molecule has 25 heavy (non-hydrogen) atoms. The van der Waals surface area contributed by atoms with Crippen molar-refractivity contribution in [3.63, 3.8) is 0 Å². The fraction of sp³-hybridized carbons (Fsp3) is 0.278. The van der Waals surface area contributed by atoms with E-state index < -0.39 is 10.0 Å². The molecular formula is C18H20N2O4S. The van der Waals surface area contributed by atoms with Crippen LogP contribution in [0.15, 0.2) is 53.4 Å². The van der Waals surface area contributed by atoms with Gasteiger partial charge in [-0.25, -0.2) is 8.42 Å². The van der Waals surface area contributed by atoms with E-state index in [0.717, 1.165) is 17.7 Å². The number of ether oxygens (including phenoxy) is 1. The standard InChI is InChI=1S/C18H20N2O4S/c1-24-13-14-4-2-5-15(12-14)19-25(22,23)17-9-7-16(8-10-17)20-11-3-6-18(20)21/h2,4-5,7-10,12,19H,3,6,11,13H2,1H3. The molecule has 132 valence electrons. The number of rotatable bonds is 6. The third-order valence-corrected chi connectivity index (χ3v) is 5.42. The number of nitrogens with one attached hydrogen (secondary N) is 1. The minimum atomic E-state index is -3.69. The molecule has 3 rings (SSSR count). The average Bonchev–Trinajstić information content (AvgIpc) is 3.01. The van der Waals surface area contributed by atoms with Crippen LogP contribution in [0.4, 0.5) is 11.4 Å². The highest BCUT2D eigenvalue weighted by atomic mass is 32.2. The zero-order chi connectivity index (χ0) is 17.9. The first-order chi connectivity index (χ1) is 12.0. The molecule has 1 aliphatic heterocycles. The fourth-order valence-electron chi connectivity index (χ4n) is 2.83. The number of amides is 1. The van der Waals surface area contributed by atoms with E-state index in [2.05, 4.69) is 4.72 Å². The molecule has 2 aromatic carbocycles. The van der Waals surface area contributed by atoms with Gasteiger partial charge < -0.3 is 9.64 Å². The Morgan fingerprint density at radius 3 is 2.56 bits per heavy atom. The molecule has 0 aromatic heterocycles. The van der Waals surface area contributed by atoms with E-state index >= 15 is 0 Å². The second kappa shape index (κ2) is 7.25. The van der Waals surface area contributed by atoms with Gasteiger partial charge in [0.05, 0.1) is 11.5 Å². The highest BCUT2D eigenvalue weighted by Crippen LogP contribution is 2.24. The summed E-state index contributed by atoms with van der Waals surface area (Å²) < 4.78 is 32.7. The third kappa shape index (κ3) is 4.00. The van der Waals surface area contributed by atoms with Gasteiger partial charge in [0.2, 0.25) is 5.91 Å². The van der Waals surface area contributed by atoms with Gasteiger partial charge in [-0.15, -0.1) is 0 Å². The Labute approximate surface area is 147 Å². The Morgan fingerprint density at radius 2 is 1.92 bits per heavy atom. The Hall–Kier alpha value is -2.38. The number of methoxy groups -OCH3 is 1. The van der Waals surface area contributed by atoms with Crippen LogP contribution < -0.4 is 9.62 Å². The van der Waals surface area contributed by atoms with Crippen molar-refractivity contribution < 1.29 is 17.9 Å². The molecular weight excluding hydrogens is 340 g/mol. The van der Waals surface area contributed by atoms with Gasteiger partial charge in [0.1, 0.15) is 0 Å². The van der Waals surface area contributed by atoms with Crippen molar-refractivity contribution in [1.82, 2.24) is 0 Å². The molecule has 0 atom stereocenters. The molecule has 0 spiro atoms. The largest absolute Gasteiger partial charge is 0.380 e. The van der Waals surface area contributed by atoms with Crippen molar-refractivity contribution in [2.24, 2.45) is 0 Å². The van der Waals surface area contributed by atoms with Crippen LogP contribution in [0.1, 0.15) is 18.4 Å². The van der Waals surface area contributed by atoms with E-state index in [1.165, 1.54) is 12.1 Å². The monoisotopic (exact) mass is 360 g/mol. The maximum atomic E-state index is 12.5. The van der Waals surface area contributed by atoms with Crippen molar-refractivity contribution in [2.75, 3.05) is 23.3 Å². The van der Waals surface area contributed by atoms with Gasteiger partial charge >= 0.3 is 0 Å². The summed E-state index contributed by atoms with van der Waals surface area (Å²) in [7, 11) is -2.11. The molecule has 1 heterocycles. The Morgan fingerprint density at radius 1 is 1.16 bits per heavy atom. The van der Waals surface area contributed by atoms with E-state index in [0.29, 0.717) is 25.3 Å². The molecule has 1 amide bonds. The lowest BCUT2D eigenvalue weighted by Crippen LogP contribution is -2.23. The predicted octanol–water partition coefficient (Wildman–Crippen LogP) is 2.76. The summed E-state index contributed by atoms with van der Waals surface area (Å²) in [5.74, 6) is 0.0729. The lowest BCUT2D eigenvalue weighted by atomic mass is 10.2. The summed E-state index contributed by atoms with van der Waals surface area (Å²) in [4.78, 5) is 13.6. The van der Waals surface area contributed by atoms with Crippen molar-refractivity contribution in [1.29, 1.82) is 0 Å². The van der Waals surface area contributed by atoms with Gasteiger partial charge in [0, 0.05) is 31.5 Å². The number of carbonyl (C=O) groups is 1. The van der Waals surface area contributed by atoms with Crippen LogP contribution in [0.2, 0.25) is 0 Å². The Bertz CT molecular complexity index is 863. The van der Waals surface area contributed by atoms with Crippen LogP contribution in [-0.2, 0) is 26.2 Å². The lowest BCUT2D eigenvalue weighted by Gasteiger charge is -2.16. The summed E-state index contributed by atoms with van der Waals surface area (Å²) in [6, 6.07) is 13.4. The first kappa shape index (κ1) is 17.4. The summed E-state index contributed by atoms with van der Waals surface area (Å²) in [5, 5.41) is 0. The van der Waals surface area contributed by atoms with Gasteiger partial charge in [0.15, 0.2) is 0 Å². The van der Waals surface area contributed by atoms with Crippen LogP contribution in [0.3, 0.4) is 0 Å². The number of hydrogen-bond acceptors (Lipinski definition) is 4. The molecule has 7 heteroatoms. The molecule has 0 bridgehead atoms. The number of carbonyl (C=O) groups excluding carboxylic acids is 1. The second-order valence-corrected chi connectivity index (χ2v) is 7.56. The van der Waals surface area contributed by atoms with Gasteiger partial charge in [-0.1, -0.05) is 12.1 Å². The molecule has 2 aromatic rings. The number of sulfonamides is 1. The summed E-state index contributed by atoms with van der Waals surface area (Å²) >= 11 is 0. The average molecular weight is 360 g/mol. The number of anilines is 2. The number of benzene rings is 2. The van der Waals surface area contributed by atoms with Crippen LogP contribution in [0, 0.1) is 0 Å². The molecule has 0 saturated carbocycles. The molecule has 1 aliphatic rings. The lowest BCUT2D eigenvalue weighted by molar-refractivity contribution is -0.117. The van der Waals surface area contributed by atoms with Gasteiger partial charge in [-0.2, -0.15) is 0 Å². The van der Waals surface area contributed by atoms with Crippen molar-refractivity contribution in [3.05, 3.63) is 54.1 Å². The zero-order valence-corrected chi connectivity index (χ0v) is 14.8. The summed E-state index contributed by atoms with van der Waals surface area (Å²) in [5.41, 5.74) is 2.09. The maximum Gasteiger partial charge on any atom is 0.261 e. The minimum Gasteiger partial charge on any atom is -0.380 e. The second-order valence-electron chi connectivity index (χ2n) is 5.88. The molecule has 0 unspecified atom stereocenters. The fourth-order valence-corrected chi connectivity index (χ4v) is 3.88. The smallest absolute Gasteiger partial charge is 0.261 e. The van der Waals surface area contributed by atoms with Crippen LogP contribution in [-0.4, -0.2) is 28.0 Å². The molecule has 1 saturated heterocycles. The third-order valence-electron chi connectivity index (χ3n) is 4.02. The quantitative estimate of drug-likeness (QED) is 0.859. The highest BCUT2D eigenvalue weighted by molar-refractivity contribution is 7.92. The van der Waals surface area contributed by atoms with E-state index in [1.54, 1.807) is 42.3 Å². The van der Waals surface area contributed by atoms with E-state index in [4.69, 9.17) is 4.74 Å². The van der Waals surface area contributed by atoms with Crippen LogP contribution in [0.5, 0.6) is 0 Å². The SMILES string of the molecule is COCc1cccc(NS(=O)(=O)c2ccc(N3CCCC3=O)cc2)c1. The van der Waals surface area contributed by atoms with Crippen LogP contribution in [0.25, 0.3) is 0 Å². The van der Waals surface area contributed by atoms with Crippen molar-refractivity contribution in [3.8, 4) is 0 Å². The molecule has 1 N–H and O–H groups in total. The summed E-state index contributed by atoms with van der Waals surface area (Å²) in [6.45, 7) is 1.09. The van der Waals surface area contributed by atoms with Crippen molar-refractivity contribution >= 4 is 27.3 Å². The highest BCUT2D eigenvalue weighted by Gasteiger charge is 2.22. The van der Waals surface area contributed by atoms with E-state index in [9.17, 15) is 13.2 Å². The minimum absolute atomic E-state index is 0.0729. The van der Waals surface area contributed by atoms with Crippen LogP contribution >= 0.6 is 0 Å². The first-order valence-corrected chi connectivity index (χ1v) is 9.49. The normalized spacial score (nSPS) is 14.8. The van der Waals surface area contributed by atoms with E-state index in [-0.39, 0.29) is 10.8 Å². The topological polar surface area (TPSA) is 75.7 Å². The number of nitrogens with zero attached hydrogens (tertiary/aromatic N) is 1. The van der Waals surface area contributed by atoms with Gasteiger partial charge in [-0.05, 0) is 48.4 Å². The van der Waals surface area contributed by atoms with Gasteiger partial charge in [0.25, 0.3) is 10.0 Å². The molecule has 0 radical (unpaired) electrons. The van der Waals surface area contributed by atoms with Gasteiger partial charge in [-0.3, -0.25) is 9.52 Å². The van der Waals surface area contributed by atoms with Crippen molar-refractivity contribution in [2.45, 2.75) is 24.3 Å². The number of hydrogen-bond donors (Lipinski definition) is 1. The maximum absolute atomic E-state index is 12.5. The molecule has 0 aliphatic carbocycles. The Balaban J connectivity index is 1.78. The molecule has 6 nitrogen and oxygen atoms in total.